The molecule has 28 heavy (non-hydrogen) atoms. The monoisotopic (exact) mass is 389 g/mol. The molecule has 0 bridgehead atoms. The minimum absolute atomic E-state index is 0.00452. The molecule has 1 heterocycles. The van der Waals surface area contributed by atoms with Crippen LogP contribution in [-0.2, 0) is 24.2 Å². The fourth-order valence-electron chi connectivity index (χ4n) is 3.87. The van der Waals surface area contributed by atoms with Crippen LogP contribution in [0.25, 0.3) is 11.1 Å². The maximum Gasteiger partial charge on any atom is 0.224 e. The van der Waals surface area contributed by atoms with Gasteiger partial charge in [-0.2, -0.15) is 0 Å². The number of carbonyl (C=O) groups excluding carboxylic acids is 2. The number of halogens is 1. The van der Waals surface area contributed by atoms with Crippen molar-refractivity contribution in [1.82, 2.24) is 0 Å². The van der Waals surface area contributed by atoms with Gasteiger partial charge in [0.15, 0.2) is 6.29 Å². The van der Waals surface area contributed by atoms with Crippen molar-refractivity contribution in [1.29, 1.82) is 0 Å². The Kier molecular flexibility index (Phi) is 5.01. The number of anilines is 1. The SMILES string of the molecule is CC(=O)N1Cc2cc(-c3ccccc3C=O)ccc2CCc2cc(Cl)ccc21. The Morgan fingerprint density at radius 3 is 2.54 bits per heavy atom. The minimum Gasteiger partial charge on any atom is -0.308 e. The molecule has 0 fully saturated rings. The number of hydrogen-bond donors (Lipinski definition) is 0. The van der Waals surface area contributed by atoms with Gasteiger partial charge in [-0.3, -0.25) is 9.59 Å². The summed E-state index contributed by atoms with van der Waals surface area (Å²) in [5, 5.41) is 0.684. The molecule has 0 atom stereocenters. The van der Waals surface area contributed by atoms with Crippen LogP contribution in [0.4, 0.5) is 5.69 Å². The van der Waals surface area contributed by atoms with Crippen molar-refractivity contribution in [2.24, 2.45) is 0 Å². The first-order valence-corrected chi connectivity index (χ1v) is 9.67. The third kappa shape index (κ3) is 3.46. The second kappa shape index (κ2) is 7.61. The second-order valence-corrected chi connectivity index (χ2v) is 7.50. The number of hydrogen-bond acceptors (Lipinski definition) is 2. The Bertz CT molecular complexity index is 1070. The first-order chi connectivity index (χ1) is 13.6. The van der Waals surface area contributed by atoms with E-state index in [4.69, 9.17) is 11.6 Å². The van der Waals surface area contributed by atoms with Crippen LogP contribution < -0.4 is 4.90 Å². The van der Waals surface area contributed by atoms with Crippen LogP contribution in [0.1, 0.15) is 34.0 Å². The maximum absolute atomic E-state index is 12.4. The van der Waals surface area contributed by atoms with Crippen LogP contribution in [0.15, 0.2) is 60.7 Å². The fourth-order valence-corrected chi connectivity index (χ4v) is 4.07. The summed E-state index contributed by atoms with van der Waals surface area (Å²) in [6.45, 7) is 2.08. The largest absolute Gasteiger partial charge is 0.308 e. The van der Waals surface area contributed by atoms with E-state index in [0.29, 0.717) is 17.1 Å². The summed E-state index contributed by atoms with van der Waals surface area (Å²) < 4.78 is 0. The molecule has 0 radical (unpaired) electrons. The lowest BCUT2D eigenvalue weighted by atomic mass is 9.91. The minimum atomic E-state index is -0.00452. The molecule has 4 heteroatoms. The molecule has 1 aliphatic rings. The molecule has 0 saturated carbocycles. The molecule has 0 aliphatic carbocycles. The number of carbonyl (C=O) groups is 2. The predicted octanol–water partition coefficient (Wildman–Crippen LogP) is 5.47. The van der Waals surface area contributed by atoms with E-state index in [-0.39, 0.29) is 5.91 Å². The standard InChI is InChI=1S/C24H20ClNO2/c1-16(28)26-14-21-12-18(23-5-3-2-4-20(23)15-27)8-6-17(21)7-9-19-13-22(25)10-11-24(19)26/h2-6,8,10-13,15H,7,9,14H2,1H3. The maximum atomic E-state index is 12.4. The molecule has 3 aromatic carbocycles. The zero-order valence-corrected chi connectivity index (χ0v) is 16.4. The average molecular weight is 390 g/mol. The van der Waals surface area contributed by atoms with E-state index in [0.717, 1.165) is 47.1 Å². The molecular weight excluding hydrogens is 370 g/mol. The Morgan fingerprint density at radius 1 is 0.964 bits per heavy atom. The summed E-state index contributed by atoms with van der Waals surface area (Å²) >= 11 is 6.18. The van der Waals surface area contributed by atoms with Crippen molar-refractivity contribution in [2.45, 2.75) is 26.3 Å². The van der Waals surface area contributed by atoms with Gasteiger partial charge in [0.25, 0.3) is 0 Å². The molecule has 4 rings (SSSR count). The molecule has 1 amide bonds. The lowest BCUT2D eigenvalue weighted by Gasteiger charge is -2.28. The van der Waals surface area contributed by atoms with Gasteiger partial charge in [-0.05, 0) is 64.9 Å². The highest BCUT2D eigenvalue weighted by Gasteiger charge is 2.21. The molecule has 140 valence electrons. The summed E-state index contributed by atoms with van der Waals surface area (Å²) in [5.74, 6) is -0.00452. The van der Waals surface area contributed by atoms with Crippen molar-refractivity contribution in [3.05, 3.63) is 87.9 Å². The van der Waals surface area contributed by atoms with Crippen LogP contribution in [0.3, 0.4) is 0 Å². The number of aldehydes is 1. The van der Waals surface area contributed by atoms with E-state index < -0.39 is 0 Å². The quantitative estimate of drug-likeness (QED) is 0.545. The summed E-state index contributed by atoms with van der Waals surface area (Å²) in [4.78, 5) is 25.7. The first-order valence-electron chi connectivity index (χ1n) is 9.30. The number of nitrogens with zero attached hydrogens (tertiary/aromatic N) is 1. The highest BCUT2D eigenvalue weighted by Crippen LogP contribution is 2.33. The summed E-state index contributed by atoms with van der Waals surface area (Å²) in [6.07, 6.45) is 2.58. The van der Waals surface area contributed by atoms with Crippen LogP contribution in [0.2, 0.25) is 5.02 Å². The van der Waals surface area contributed by atoms with Crippen LogP contribution >= 0.6 is 11.6 Å². The summed E-state index contributed by atoms with van der Waals surface area (Å²) in [7, 11) is 0. The van der Waals surface area contributed by atoms with E-state index >= 15 is 0 Å². The Labute approximate surface area is 169 Å². The van der Waals surface area contributed by atoms with E-state index in [1.54, 1.807) is 11.8 Å². The van der Waals surface area contributed by atoms with Crippen LogP contribution in [-0.4, -0.2) is 12.2 Å². The number of rotatable bonds is 2. The molecule has 3 nitrogen and oxygen atoms in total. The van der Waals surface area contributed by atoms with Gasteiger partial charge in [0.1, 0.15) is 0 Å². The number of amides is 1. The lowest BCUT2D eigenvalue weighted by molar-refractivity contribution is -0.116. The van der Waals surface area contributed by atoms with Crippen LogP contribution in [0.5, 0.6) is 0 Å². The van der Waals surface area contributed by atoms with Crippen molar-refractivity contribution < 1.29 is 9.59 Å². The van der Waals surface area contributed by atoms with Gasteiger partial charge < -0.3 is 4.90 Å². The zero-order valence-electron chi connectivity index (χ0n) is 15.6. The zero-order chi connectivity index (χ0) is 19.7. The molecule has 3 aromatic rings. The lowest BCUT2D eigenvalue weighted by Crippen LogP contribution is -2.30. The topological polar surface area (TPSA) is 37.4 Å². The predicted molar refractivity (Wildman–Crippen MR) is 113 cm³/mol. The highest BCUT2D eigenvalue weighted by atomic mass is 35.5. The third-order valence-electron chi connectivity index (χ3n) is 5.31. The van der Waals surface area contributed by atoms with Crippen molar-refractivity contribution in [2.75, 3.05) is 4.90 Å². The first kappa shape index (κ1) is 18.5. The van der Waals surface area contributed by atoms with Gasteiger partial charge in [0.05, 0.1) is 6.54 Å². The normalized spacial score (nSPS) is 13.1. The van der Waals surface area contributed by atoms with E-state index in [1.807, 2.05) is 42.5 Å². The smallest absolute Gasteiger partial charge is 0.224 e. The van der Waals surface area contributed by atoms with E-state index in [2.05, 4.69) is 18.2 Å². The van der Waals surface area contributed by atoms with E-state index in [1.165, 1.54) is 5.56 Å². The van der Waals surface area contributed by atoms with Crippen molar-refractivity contribution in [3.8, 4) is 11.1 Å². The van der Waals surface area contributed by atoms with Gasteiger partial charge >= 0.3 is 0 Å². The van der Waals surface area contributed by atoms with Gasteiger partial charge in [-0.15, -0.1) is 0 Å². The molecular formula is C24H20ClNO2. The van der Waals surface area contributed by atoms with Gasteiger partial charge in [-0.1, -0.05) is 48.0 Å². The Hall–Kier alpha value is -2.91. The fraction of sp³-hybridized carbons (Fsp3) is 0.167. The summed E-state index contributed by atoms with van der Waals surface area (Å²) in [6, 6.07) is 19.5. The number of aryl methyl sites for hydroxylation is 2. The van der Waals surface area contributed by atoms with Crippen molar-refractivity contribution in [3.63, 3.8) is 0 Å². The summed E-state index contributed by atoms with van der Waals surface area (Å²) in [5.41, 5.74) is 6.88. The number of fused-ring (bicyclic) bond motifs is 2. The molecule has 0 spiro atoms. The number of benzene rings is 3. The molecule has 0 N–H and O–H groups in total. The van der Waals surface area contributed by atoms with Gasteiger partial charge in [0.2, 0.25) is 5.91 Å². The van der Waals surface area contributed by atoms with E-state index in [9.17, 15) is 9.59 Å². The second-order valence-electron chi connectivity index (χ2n) is 7.07. The highest BCUT2D eigenvalue weighted by molar-refractivity contribution is 6.30. The van der Waals surface area contributed by atoms with Gasteiger partial charge in [0, 0.05) is 23.2 Å². The van der Waals surface area contributed by atoms with Gasteiger partial charge in [-0.25, -0.2) is 0 Å². The van der Waals surface area contributed by atoms with Crippen LogP contribution in [0, 0.1) is 0 Å². The Balaban J connectivity index is 1.80. The Morgan fingerprint density at radius 2 is 1.75 bits per heavy atom. The molecule has 0 aromatic heterocycles. The third-order valence-corrected chi connectivity index (χ3v) is 5.54. The van der Waals surface area contributed by atoms with Crippen molar-refractivity contribution >= 4 is 29.5 Å². The molecule has 1 aliphatic heterocycles. The average Bonchev–Trinajstić information content (AvgIpc) is 2.69. The molecule has 0 unspecified atom stereocenters. The molecule has 0 saturated heterocycles.